The molecule has 0 aliphatic heterocycles. The molecule has 3 atom stereocenters. The Kier molecular flexibility index (Phi) is 45.9. The fraction of sp³-hybridized carbons (Fsp3) is 0.579. The van der Waals surface area contributed by atoms with Crippen molar-refractivity contribution in [2.24, 2.45) is 0 Å². The Morgan fingerprint density at radius 3 is 1.27 bits per heavy atom. The zero-order valence-electron chi connectivity index (χ0n) is 40.1. The number of rotatable bonds is 42. The van der Waals surface area contributed by atoms with Gasteiger partial charge < -0.3 is 20.3 Å². The van der Waals surface area contributed by atoms with Crippen molar-refractivity contribution >= 4 is 11.9 Å². The molecular formula is C57H91NO5. The van der Waals surface area contributed by atoms with Gasteiger partial charge in [0.1, 0.15) is 6.10 Å². The number of aliphatic hydroxyl groups is 2. The Hall–Kier alpha value is -4.00. The number of ether oxygens (including phenoxy) is 1. The molecule has 354 valence electrons. The minimum absolute atomic E-state index is 0.0116. The first-order valence-corrected chi connectivity index (χ1v) is 25.1. The van der Waals surface area contributed by atoms with E-state index in [-0.39, 0.29) is 31.3 Å². The van der Waals surface area contributed by atoms with Crippen LogP contribution in [0.15, 0.2) is 134 Å². The van der Waals surface area contributed by atoms with Gasteiger partial charge in [0, 0.05) is 6.42 Å². The van der Waals surface area contributed by atoms with Gasteiger partial charge in [-0.25, -0.2) is 0 Å². The van der Waals surface area contributed by atoms with E-state index >= 15 is 0 Å². The Labute approximate surface area is 386 Å². The van der Waals surface area contributed by atoms with Gasteiger partial charge >= 0.3 is 5.97 Å². The summed E-state index contributed by atoms with van der Waals surface area (Å²) < 4.78 is 5.84. The van der Waals surface area contributed by atoms with Gasteiger partial charge in [0.05, 0.1) is 25.2 Å². The molecule has 0 saturated carbocycles. The molecule has 0 fully saturated rings. The number of hydrogen-bond acceptors (Lipinski definition) is 5. The molecule has 0 heterocycles. The van der Waals surface area contributed by atoms with Crippen LogP contribution in [0.1, 0.15) is 188 Å². The lowest BCUT2D eigenvalue weighted by Gasteiger charge is -2.24. The molecule has 1 amide bonds. The van der Waals surface area contributed by atoms with Crippen molar-refractivity contribution in [3.8, 4) is 0 Å². The van der Waals surface area contributed by atoms with Crippen LogP contribution in [0.3, 0.4) is 0 Å². The lowest BCUT2D eigenvalue weighted by Crippen LogP contribution is -2.46. The summed E-state index contributed by atoms with van der Waals surface area (Å²) in [6.07, 6.45) is 69.5. The average Bonchev–Trinajstić information content (AvgIpc) is 3.28. The minimum Gasteiger partial charge on any atom is -0.462 e. The normalized spacial score (nSPS) is 14.4. The highest BCUT2D eigenvalue weighted by atomic mass is 16.5. The van der Waals surface area contributed by atoms with Crippen LogP contribution < -0.4 is 5.32 Å². The Balaban J connectivity index is 4.82. The molecule has 0 bridgehead atoms. The van der Waals surface area contributed by atoms with Gasteiger partial charge in [-0.3, -0.25) is 9.59 Å². The van der Waals surface area contributed by atoms with Crippen LogP contribution in [-0.2, 0) is 14.3 Å². The monoisotopic (exact) mass is 870 g/mol. The number of nitrogens with one attached hydrogen (secondary N) is 1. The van der Waals surface area contributed by atoms with Crippen molar-refractivity contribution < 1.29 is 24.5 Å². The van der Waals surface area contributed by atoms with Crippen LogP contribution in [0.2, 0.25) is 0 Å². The Bertz CT molecular complexity index is 1390. The lowest BCUT2D eigenvalue weighted by atomic mass is 10.0. The van der Waals surface area contributed by atoms with Crippen molar-refractivity contribution in [3.63, 3.8) is 0 Å². The first kappa shape index (κ1) is 59.0. The smallest absolute Gasteiger partial charge is 0.306 e. The van der Waals surface area contributed by atoms with E-state index in [0.717, 1.165) is 51.4 Å². The van der Waals surface area contributed by atoms with Crippen LogP contribution >= 0.6 is 0 Å². The molecule has 0 aromatic rings. The fourth-order valence-corrected chi connectivity index (χ4v) is 6.79. The van der Waals surface area contributed by atoms with Crippen molar-refractivity contribution in [1.29, 1.82) is 0 Å². The number of carbonyl (C=O) groups is 2. The molecule has 6 nitrogen and oxygen atoms in total. The summed E-state index contributed by atoms with van der Waals surface area (Å²) in [7, 11) is 0. The van der Waals surface area contributed by atoms with Gasteiger partial charge in [-0.15, -0.1) is 0 Å². The molecular weight excluding hydrogens is 779 g/mol. The largest absolute Gasteiger partial charge is 0.462 e. The van der Waals surface area contributed by atoms with Crippen molar-refractivity contribution in [2.45, 2.75) is 206 Å². The number of allylic oxidation sites excluding steroid dienone is 22. The van der Waals surface area contributed by atoms with Gasteiger partial charge in [-0.1, -0.05) is 257 Å². The molecule has 0 spiro atoms. The van der Waals surface area contributed by atoms with Crippen molar-refractivity contribution in [2.75, 3.05) is 6.61 Å². The second-order valence-corrected chi connectivity index (χ2v) is 16.4. The highest BCUT2D eigenvalue weighted by Gasteiger charge is 2.24. The average molecular weight is 870 g/mol. The molecule has 0 rings (SSSR count). The second kappa shape index (κ2) is 49.0. The Morgan fingerprint density at radius 2 is 0.857 bits per heavy atom. The zero-order valence-corrected chi connectivity index (χ0v) is 40.1. The van der Waals surface area contributed by atoms with E-state index in [2.05, 4.69) is 44.3 Å². The van der Waals surface area contributed by atoms with Crippen molar-refractivity contribution in [3.05, 3.63) is 134 Å². The van der Waals surface area contributed by atoms with Crippen LogP contribution in [0, 0.1) is 0 Å². The standard InChI is InChI=1S/C57H91NO5/c1-4-7-10-13-16-19-22-25-27-29-32-34-37-40-43-46-49-55(60)54(52-59)58-56(61)51-53(48-45-42-39-36-33-31-28-26-23-20-17-14-11-8-5-2)63-57(62)50-47-44-41-38-35-30-24-21-18-15-12-9-6-3/h8-9,11-12,14-15,17-18,20-21,23-24,26,28,30-31,33,35-36,38-39,41,53-55,59-60H,4-7,10,13,16,19,22,25,27,29,32,34,37,40,42-52H2,1-3H3,(H,58,61)/b11-8-,12-9+,17-14+,18-15+,23-20+,24-21-,28-26-,33-31+,35-30-,39-36+,41-38+. The molecule has 3 unspecified atom stereocenters. The molecule has 0 aromatic heterocycles. The summed E-state index contributed by atoms with van der Waals surface area (Å²) in [6, 6.07) is -0.750. The predicted molar refractivity (Wildman–Crippen MR) is 273 cm³/mol. The van der Waals surface area contributed by atoms with E-state index in [4.69, 9.17) is 4.74 Å². The summed E-state index contributed by atoms with van der Waals surface area (Å²) in [5.41, 5.74) is 0. The summed E-state index contributed by atoms with van der Waals surface area (Å²) in [4.78, 5) is 26.1. The van der Waals surface area contributed by atoms with Gasteiger partial charge in [0.2, 0.25) is 5.91 Å². The fourth-order valence-electron chi connectivity index (χ4n) is 6.79. The van der Waals surface area contributed by atoms with Gasteiger partial charge in [0.15, 0.2) is 0 Å². The molecule has 0 aliphatic rings. The van der Waals surface area contributed by atoms with Crippen molar-refractivity contribution in [1.82, 2.24) is 5.32 Å². The van der Waals surface area contributed by atoms with Crippen LogP contribution in [-0.4, -0.2) is 46.9 Å². The number of amides is 1. The Morgan fingerprint density at radius 1 is 0.476 bits per heavy atom. The number of hydrogen-bond donors (Lipinski definition) is 3. The molecule has 0 radical (unpaired) electrons. The molecule has 63 heavy (non-hydrogen) atoms. The molecule has 0 aromatic carbocycles. The first-order chi connectivity index (χ1) is 31.0. The van der Waals surface area contributed by atoms with Crippen LogP contribution in [0.25, 0.3) is 0 Å². The summed E-state index contributed by atoms with van der Waals surface area (Å²) >= 11 is 0. The zero-order chi connectivity index (χ0) is 45.9. The van der Waals surface area contributed by atoms with E-state index in [9.17, 15) is 19.8 Å². The number of aliphatic hydroxyl groups excluding tert-OH is 2. The van der Waals surface area contributed by atoms with E-state index in [1.807, 2.05) is 115 Å². The minimum atomic E-state index is -0.829. The number of carbonyl (C=O) groups excluding carboxylic acids is 2. The van der Waals surface area contributed by atoms with E-state index in [1.165, 1.54) is 83.5 Å². The maximum Gasteiger partial charge on any atom is 0.306 e. The summed E-state index contributed by atoms with van der Waals surface area (Å²) in [5.74, 6) is -0.653. The van der Waals surface area contributed by atoms with Crippen LogP contribution in [0.4, 0.5) is 0 Å². The third-order valence-corrected chi connectivity index (χ3v) is 10.5. The van der Waals surface area contributed by atoms with E-state index < -0.39 is 18.2 Å². The maximum absolute atomic E-state index is 13.2. The highest BCUT2D eigenvalue weighted by molar-refractivity contribution is 5.77. The SMILES string of the molecule is CC\C=C/C=C/C=C/C=C\C=C\C=C\CCCC(CC(=O)NC(CO)C(O)CCCCCCCCCCCCCCCCCC)OC(=O)CCC/C=C/C=C\C=C/C=C/C=C/CC. The number of unbranched alkanes of at least 4 members (excludes halogenated alkanes) is 17. The molecule has 6 heteroatoms. The molecule has 3 N–H and O–H groups in total. The van der Waals surface area contributed by atoms with Gasteiger partial charge in [-0.2, -0.15) is 0 Å². The topological polar surface area (TPSA) is 95.9 Å². The maximum atomic E-state index is 13.2. The number of esters is 1. The molecule has 0 saturated heterocycles. The third kappa shape index (κ3) is 44.4. The quantitative estimate of drug-likeness (QED) is 0.0323. The first-order valence-electron chi connectivity index (χ1n) is 25.1. The van der Waals surface area contributed by atoms with Gasteiger partial charge in [0.25, 0.3) is 0 Å². The summed E-state index contributed by atoms with van der Waals surface area (Å²) in [5, 5.41) is 23.7. The van der Waals surface area contributed by atoms with Crippen LogP contribution in [0.5, 0.6) is 0 Å². The molecule has 0 aliphatic carbocycles. The predicted octanol–water partition coefficient (Wildman–Crippen LogP) is 15.1. The summed E-state index contributed by atoms with van der Waals surface area (Å²) in [6.45, 7) is 6.14. The lowest BCUT2D eigenvalue weighted by molar-refractivity contribution is -0.151. The highest BCUT2D eigenvalue weighted by Crippen LogP contribution is 2.16. The van der Waals surface area contributed by atoms with E-state index in [1.54, 1.807) is 0 Å². The second-order valence-electron chi connectivity index (χ2n) is 16.4. The third-order valence-electron chi connectivity index (χ3n) is 10.5. The van der Waals surface area contributed by atoms with Gasteiger partial charge in [-0.05, 0) is 51.4 Å². The van der Waals surface area contributed by atoms with E-state index in [0.29, 0.717) is 19.3 Å².